The van der Waals surface area contributed by atoms with E-state index in [1.54, 1.807) is 0 Å². The highest BCUT2D eigenvalue weighted by Crippen LogP contribution is 2.51. The molecule has 0 aromatic heterocycles. The van der Waals surface area contributed by atoms with Crippen molar-refractivity contribution < 1.29 is 138 Å². The van der Waals surface area contributed by atoms with Gasteiger partial charge >= 0.3 is 41.8 Å². The normalized spacial score (nSPS) is 21.0. The molecular formula is C42H36O28. The van der Waals surface area contributed by atoms with Crippen LogP contribution in [0.15, 0.2) is 42.5 Å². The van der Waals surface area contributed by atoms with E-state index in [0.29, 0.717) is 42.5 Å². The minimum absolute atomic E-state index is 0.375. The number of carbonyl (C=O) groups excluding carboxylic acids is 6. The van der Waals surface area contributed by atoms with Gasteiger partial charge < -0.3 is 105 Å². The Kier molecular flexibility index (Phi) is 14.1. The third kappa shape index (κ3) is 9.79. The average Bonchev–Trinajstić information content (AvgIpc) is 3.30. The number of aromatic hydroxyl groups is 11. The fourth-order valence-corrected chi connectivity index (χ4v) is 7.11. The summed E-state index contributed by atoms with van der Waals surface area (Å²) >= 11 is 0. The SMILES string of the molecule is COC(=O)CC(C(=O)O)C1c2c(C(=O)O[C@H]3[C@H](OC(=O)c4cc(O)c(O)c(O)c4)O[C@H](COC(=O)c4cc(O)c(O)c(O)c4)[C@@H](O)[C@H]3OC(=O)c3cc(O)c(O)c(O)c3)cc(O)c(O)c2OC(=O)C1O. The van der Waals surface area contributed by atoms with E-state index < -0.39 is 200 Å². The molecule has 0 bridgehead atoms. The predicted molar refractivity (Wildman–Crippen MR) is 215 cm³/mol. The highest BCUT2D eigenvalue weighted by atomic mass is 16.7. The fourth-order valence-electron chi connectivity index (χ4n) is 7.11. The number of carbonyl (C=O) groups is 7. The Bertz CT molecular complexity index is 2750. The van der Waals surface area contributed by atoms with Gasteiger partial charge in [0, 0.05) is 11.5 Å². The van der Waals surface area contributed by atoms with E-state index in [1.807, 2.05) is 0 Å². The number of esters is 6. The number of phenolic OH excluding ortho intramolecular Hbond substituents is 11. The molecule has 2 heterocycles. The number of aliphatic carboxylic acids is 1. The Labute approximate surface area is 387 Å². The first-order chi connectivity index (χ1) is 32.8. The van der Waals surface area contributed by atoms with Gasteiger partial charge in [-0.15, -0.1) is 0 Å². The van der Waals surface area contributed by atoms with E-state index >= 15 is 0 Å². The van der Waals surface area contributed by atoms with E-state index in [1.165, 1.54) is 0 Å². The Balaban J connectivity index is 1.49. The molecule has 0 aliphatic carbocycles. The molecule has 28 nitrogen and oxygen atoms in total. The lowest BCUT2D eigenvalue weighted by atomic mass is 9.76. The molecule has 4 aromatic rings. The zero-order valence-corrected chi connectivity index (χ0v) is 35.1. The van der Waals surface area contributed by atoms with Gasteiger partial charge in [-0.25, -0.2) is 24.0 Å². The summed E-state index contributed by atoms with van der Waals surface area (Å²) in [7, 11) is 0.850. The molecule has 8 atom stereocenters. The maximum atomic E-state index is 14.5. The largest absolute Gasteiger partial charge is 0.504 e. The number of benzene rings is 4. The number of hydrogen-bond donors (Lipinski definition) is 14. The summed E-state index contributed by atoms with van der Waals surface area (Å²) in [5, 5.41) is 144. The van der Waals surface area contributed by atoms with Gasteiger partial charge in [-0.3, -0.25) is 9.59 Å². The van der Waals surface area contributed by atoms with Crippen molar-refractivity contribution in [1.82, 2.24) is 0 Å². The van der Waals surface area contributed by atoms with Gasteiger partial charge in [0.25, 0.3) is 0 Å². The molecule has 6 rings (SSSR count). The molecule has 0 radical (unpaired) electrons. The molecule has 1 saturated heterocycles. The van der Waals surface area contributed by atoms with Gasteiger partial charge in [0.1, 0.15) is 18.8 Å². The van der Waals surface area contributed by atoms with Crippen LogP contribution in [0.2, 0.25) is 0 Å². The lowest BCUT2D eigenvalue weighted by molar-refractivity contribution is -0.283. The van der Waals surface area contributed by atoms with Crippen molar-refractivity contribution in [3.8, 4) is 69.0 Å². The van der Waals surface area contributed by atoms with Gasteiger partial charge in [-0.05, 0) is 42.5 Å². The summed E-state index contributed by atoms with van der Waals surface area (Å²) in [4.78, 5) is 92.8. The monoisotopic (exact) mass is 988 g/mol. The van der Waals surface area contributed by atoms with Crippen LogP contribution in [-0.2, 0) is 42.8 Å². The number of fused-ring (bicyclic) bond motifs is 1. The molecule has 70 heavy (non-hydrogen) atoms. The van der Waals surface area contributed by atoms with Crippen LogP contribution in [0, 0.1) is 5.92 Å². The molecule has 1 fully saturated rings. The lowest BCUT2D eigenvalue weighted by Crippen LogP contribution is -2.62. The standard InChI is InChI=1S/C42H36O28/c1-64-24(50)9-14(36(57)58)25-26-15(8-22(49)30(54)33(26)67-41(63)32(25)56)40(62)69-35-34(68-38(60)12-4-18(45)28(52)19(46)5-12)31(55)23(10-65-37(59)11-2-16(43)27(51)17(44)3-11)66-42(35)70-39(61)13-6-20(47)29(53)21(48)7-13/h2-8,14,23,25,31-32,34-35,42-49,51-56H,9-10H2,1H3,(H,57,58)/t14?,23-,25?,31-,32?,34-,35-,42+/m1/s1. The number of aliphatic hydroxyl groups excluding tert-OH is 2. The van der Waals surface area contributed by atoms with Crippen LogP contribution in [0.1, 0.15) is 59.3 Å². The molecule has 0 spiro atoms. The maximum absolute atomic E-state index is 14.5. The van der Waals surface area contributed by atoms with Crippen molar-refractivity contribution in [2.24, 2.45) is 5.92 Å². The third-order valence-corrected chi connectivity index (χ3v) is 10.6. The summed E-state index contributed by atoms with van der Waals surface area (Å²) in [5.41, 5.74) is -4.34. The fraction of sp³-hybridized carbons (Fsp3) is 0.262. The molecule has 0 saturated carbocycles. The Morgan fingerprint density at radius 3 is 1.51 bits per heavy atom. The van der Waals surface area contributed by atoms with Gasteiger partial charge in [0.2, 0.25) is 18.1 Å². The predicted octanol–water partition coefficient (Wildman–Crippen LogP) is -0.374. The first-order valence-electron chi connectivity index (χ1n) is 19.5. The minimum Gasteiger partial charge on any atom is -0.504 e. The zero-order valence-electron chi connectivity index (χ0n) is 35.1. The summed E-state index contributed by atoms with van der Waals surface area (Å²) in [6.07, 6.45) is -16.1. The van der Waals surface area contributed by atoms with Crippen LogP contribution in [0.3, 0.4) is 0 Å². The molecule has 2 aliphatic rings. The Morgan fingerprint density at radius 1 is 0.600 bits per heavy atom. The molecule has 14 N–H and O–H groups in total. The average molecular weight is 989 g/mol. The van der Waals surface area contributed by atoms with Crippen molar-refractivity contribution in [3.05, 3.63) is 70.3 Å². The summed E-state index contributed by atoms with van der Waals surface area (Å²) < 4.78 is 36.7. The highest BCUT2D eigenvalue weighted by molar-refractivity contribution is 5.98. The number of methoxy groups -OCH3 is 1. The first kappa shape index (κ1) is 50.3. The van der Waals surface area contributed by atoms with E-state index in [2.05, 4.69) is 4.74 Å². The van der Waals surface area contributed by atoms with Gasteiger partial charge in [0.15, 0.2) is 75.5 Å². The topological polar surface area (TPSA) is 467 Å². The van der Waals surface area contributed by atoms with E-state index in [4.69, 9.17) is 28.4 Å². The van der Waals surface area contributed by atoms with Crippen LogP contribution >= 0.6 is 0 Å². The number of carboxylic acid groups (broad SMARTS) is 1. The quantitative estimate of drug-likeness (QED) is 0.0351. The van der Waals surface area contributed by atoms with Gasteiger partial charge in [0.05, 0.1) is 41.7 Å². The Morgan fingerprint density at radius 2 is 1.04 bits per heavy atom. The van der Waals surface area contributed by atoms with Gasteiger partial charge in [-0.1, -0.05) is 0 Å². The van der Waals surface area contributed by atoms with Crippen molar-refractivity contribution in [2.45, 2.75) is 49.1 Å². The van der Waals surface area contributed by atoms with E-state index in [0.717, 1.165) is 7.11 Å². The number of carboxylic acids is 1. The summed E-state index contributed by atoms with van der Waals surface area (Å²) in [6, 6.07) is 3.75. The zero-order chi connectivity index (χ0) is 51.8. The smallest absolute Gasteiger partial charge is 0.341 e. The lowest BCUT2D eigenvalue weighted by Gasteiger charge is -2.42. The van der Waals surface area contributed by atoms with Crippen LogP contribution in [-0.4, -0.2) is 164 Å². The number of phenols is 11. The summed E-state index contributed by atoms with van der Waals surface area (Å²) in [6.45, 7) is -1.20. The second-order valence-electron chi connectivity index (χ2n) is 15.0. The molecule has 0 amide bonds. The molecule has 372 valence electrons. The number of hydrogen-bond acceptors (Lipinski definition) is 27. The van der Waals surface area contributed by atoms with Crippen LogP contribution in [0.25, 0.3) is 0 Å². The Hall–Kier alpha value is -9.15. The number of rotatable bonds is 13. The van der Waals surface area contributed by atoms with Crippen LogP contribution in [0.4, 0.5) is 0 Å². The van der Waals surface area contributed by atoms with Crippen molar-refractivity contribution in [2.75, 3.05) is 13.7 Å². The molecule has 4 aromatic carbocycles. The first-order valence-corrected chi connectivity index (χ1v) is 19.5. The molecule has 2 aliphatic heterocycles. The van der Waals surface area contributed by atoms with E-state index in [-0.39, 0.29) is 0 Å². The maximum Gasteiger partial charge on any atom is 0.341 e. The minimum atomic E-state index is -2.63. The van der Waals surface area contributed by atoms with Gasteiger partial charge in [-0.2, -0.15) is 0 Å². The second-order valence-corrected chi connectivity index (χ2v) is 15.0. The number of ether oxygens (including phenoxy) is 7. The van der Waals surface area contributed by atoms with Crippen LogP contribution < -0.4 is 4.74 Å². The highest BCUT2D eigenvalue weighted by Gasteiger charge is 2.54. The van der Waals surface area contributed by atoms with E-state index in [9.17, 15) is 105 Å². The second kappa shape index (κ2) is 19.6. The molecule has 28 heteroatoms. The van der Waals surface area contributed by atoms with Crippen molar-refractivity contribution in [3.63, 3.8) is 0 Å². The summed E-state index contributed by atoms with van der Waals surface area (Å²) in [5.74, 6) is -29.5. The van der Waals surface area contributed by atoms with Crippen molar-refractivity contribution in [1.29, 1.82) is 0 Å². The third-order valence-electron chi connectivity index (χ3n) is 10.6. The molecule has 3 unspecified atom stereocenters. The number of aliphatic hydroxyl groups is 2. The van der Waals surface area contributed by atoms with Crippen LogP contribution in [0.5, 0.6) is 69.0 Å². The molecular weight excluding hydrogens is 952 g/mol. The van der Waals surface area contributed by atoms with Crippen molar-refractivity contribution >= 4 is 41.8 Å².